The van der Waals surface area contributed by atoms with E-state index in [9.17, 15) is 5.11 Å². The number of phenolic OH excluding ortho intramolecular Hbond substituents is 1. The smallest absolute Gasteiger partial charge is 0.162 e. The van der Waals surface area contributed by atoms with Crippen molar-refractivity contribution in [1.29, 1.82) is 5.26 Å². The minimum absolute atomic E-state index is 0.183. The number of hydrogen-bond acceptors (Lipinski definition) is 5. The van der Waals surface area contributed by atoms with Gasteiger partial charge in [0, 0.05) is 13.1 Å². The van der Waals surface area contributed by atoms with Gasteiger partial charge in [0.15, 0.2) is 5.15 Å². The van der Waals surface area contributed by atoms with Crippen molar-refractivity contribution in [3.05, 3.63) is 40.5 Å². The summed E-state index contributed by atoms with van der Waals surface area (Å²) in [6, 6.07) is 9.41. The molecule has 1 N–H and O–H groups in total. The fourth-order valence-electron chi connectivity index (χ4n) is 1.91. The van der Waals surface area contributed by atoms with Crippen molar-refractivity contribution in [2.45, 2.75) is 19.4 Å². The van der Waals surface area contributed by atoms with Gasteiger partial charge in [-0.25, -0.2) is 0 Å². The SMILES string of the molecule is CC(Cc1ccc(O)cc1)N(C)c1snc(Cl)c1C#N. The Labute approximate surface area is 127 Å². The number of nitriles is 1. The van der Waals surface area contributed by atoms with Crippen LogP contribution in [-0.4, -0.2) is 22.6 Å². The van der Waals surface area contributed by atoms with Crippen LogP contribution in [0, 0.1) is 11.3 Å². The minimum Gasteiger partial charge on any atom is -0.508 e. The van der Waals surface area contributed by atoms with Crippen LogP contribution in [0.2, 0.25) is 5.15 Å². The van der Waals surface area contributed by atoms with Crippen molar-refractivity contribution in [2.24, 2.45) is 0 Å². The number of aromatic nitrogens is 1. The normalized spacial score (nSPS) is 11.9. The van der Waals surface area contributed by atoms with Crippen molar-refractivity contribution in [3.8, 4) is 11.8 Å². The third-order valence-corrected chi connectivity index (χ3v) is 4.51. The van der Waals surface area contributed by atoms with E-state index in [0.717, 1.165) is 17.0 Å². The molecule has 1 heterocycles. The Bertz CT molecular complexity index is 633. The molecule has 6 heteroatoms. The zero-order valence-electron chi connectivity index (χ0n) is 11.2. The van der Waals surface area contributed by atoms with Gasteiger partial charge in [0.25, 0.3) is 0 Å². The van der Waals surface area contributed by atoms with E-state index >= 15 is 0 Å². The molecule has 20 heavy (non-hydrogen) atoms. The van der Waals surface area contributed by atoms with Crippen LogP contribution in [0.4, 0.5) is 5.00 Å². The largest absolute Gasteiger partial charge is 0.508 e. The quantitative estimate of drug-likeness (QED) is 0.940. The molecular formula is C14H14ClN3OS. The van der Waals surface area contributed by atoms with Crippen LogP contribution in [0.15, 0.2) is 24.3 Å². The number of rotatable bonds is 4. The van der Waals surface area contributed by atoms with Gasteiger partial charge in [0.2, 0.25) is 0 Å². The molecule has 1 atom stereocenters. The predicted octanol–water partition coefficient (Wildman–Crippen LogP) is 3.44. The van der Waals surface area contributed by atoms with Crippen LogP contribution in [0.3, 0.4) is 0 Å². The monoisotopic (exact) mass is 307 g/mol. The molecule has 0 spiro atoms. The van der Waals surface area contributed by atoms with E-state index in [2.05, 4.69) is 17.4 Å². The molecular weight excluding hydrogens is 294 g/mol. The second-order valence-electron chi connectivity index (χ2n) is 4.60. The second-order valence-corrected chi connectivity index (χ2v) is 5.71. The third kappa shape index (κ3) is 3.03. The predicted molar refractivity (Wildman–Crippen MR) is 81.5 cm³/mol. The number of hydrogen-bond donors (Lipinski definition) is 1. The molecule has 2 rings (SSSR count). The van der Waals surface area contributed by atoms with Crippen molar-refractivity contribution < 1.29 is 5.11 Å². The molecule has 0 saturated carbocycles. The summed E-state index contributed by atoms with van der Waals surface area (Å²) >= 11 is 7.13. The highest BCUT2D eigenvalue weighted by molar-refractivity contribution is 7.10. The Kier molecular flexibility index (Phi) is 4.48. The van der Waals surface area contributed by atoms with Gasteiger partial charge in [-0.15, -0.1) is 0 Å². The molecule has 1 aromatic carbocycles. The second kappa shape index (κ2) is 6.12. The minimum atomic E-state index is 0.183. The van der Waals surface area contributed by atoms with Gasteiger partial charge in [0.05, 0.1) is 0 Å². The highest BCUT2D eigenvalue weighted by atomic mass is 35.5. The first-order valence-corrected chi connectivity index (χ1v) is 7.24. The average Bonchev–Trinajstić information content (AvgIpc) is 2.81. The van der Waals surface area contributed by atoms with E-state index in [-0.39, 0.29) is 16.9 Å². The van der Waals surface area contributed by atoms with Crippen LogP contribution >= 0.6 is 23.1 Å². The first kappa shape index (κ1) is 14.6. The maximum absolute atomic E-state index is 9.28. The molecule has 0 aliphatic heterocycles. The molecule has 0 fully saturated rings. The van der Waals surface area contributed by atoms with Gasteiger partial charge in [-0.05, 0) is 42.6 Å². The molecule has 0 saturated heterocycles. The zero-order valence-corrected chi connectivity index (χ0v) is 12.7. The molecule has 0 aliphatic carbocycles. The first-order chi connectivity index (χ1) is 9.52. The van der Waals surface area contributed by atoms with E-state index in [1.54, 1.807) is 12.1 Å². The summed E-state index contributed by atoms with van der Waals surface area (Å²) in [5, 5.41) is 19.4. The van der Waals surface area contributed by atoms with E-state index in [1.165, 1.54) is 11.5 Å². The van der Waals surface area contributed by atoms with Crippen molar-refractivity contribution in [3.63, 3.8) is 0 Å². The van der Waals surface area contributed by atoms with Crippen LogP contribution in [0.25, 0.3) is 0 Å². The summed E-state index contributed by atoms with van der Waals surface area (Å²) in [4.78, 5) is 2.01. The summed E-state index contributed by atoms with van der Waals surface area (Å²) in [6.07, 6.45) is 0.803. The lowest BCUT2D eigenvalue weighted by molar-refractivity contribution is 0.475. The number of benzene rings is 1. The Morgan fingerprint density at radius 2 is 2.10 bits per heavy atom. The first-order valence-electron chi connectivity index (χ1n) is 6.09. The number of aromatic hydroxyl groups is 1. The molecule has 0 amide bonds. The van der Waals surface area contributed by atoms with Gasteiger partial charge < -0.3 is 10.0 Å². The van der Waals surface area contributed by atoms with Gasteiger partial charge in [-0.2, -0.15) is 9.64 Å². The van der Waals surface area contributed by atoms with Crippen molar-refractivity contribution in [2.75, 3.05) is 11.9 Å². The lowest BCUT2D eigenvalue weighted by Gasteiger charge is -2.25. The summed E-state index contributed by atoms with van der Waals surface area (Å²) in [7, 11) is 1.93. The zero-order chi connectivity index (χ0) is 14.7. The van der Waals surface area contributed by atoms with Crippen LogP contribution < -0.4 is 4.90 Å². The third-order valence-electron chi connectivity index (χ3n) is 3.19. The van der Waals surface area contributed by atoms with Crippen molar-refractivity contribution >= 4 is 28.1 Å². The molecule has 1 aromatic heterocycles. The van der Waals surface area contributed by atoms with Crippen LogP contribution in [-0.2, 0) is 6.42 Å². The van der Waals surface area contributed by atoms with Gasteiger partial charge in [-0.3, -0.25) is 0 Å². The maximum atomic E-state index is 9.28. The fraction of sp³-hybridized carbons (Fsp3) is 0.286. The number of nitrogens with zero attached hydrogens (tertiary/aromatic N) is 3. The Morgan fingerprint density at radius 3 is 2.70 bits per heavy atom. The van der Waals surface area contributed by atoms with Gasteiger partial charge in [0.1, 0.15) is 22.4 Å². The fourth-order valence-corrected chi connectivity index (χ4v) is 3.00. The van der Waals surface area contributed by atoms with Gasteiger partial charge in [-0.1, -0.05) is 23.7 Å². The highest BCUT2D eigenvalue weighted by Gasteiger charge is 2.19. The summed E-state index contributed by atoms with van der Waals surface area (Å²) in [5.41, 5.74) is 1.55. The highest BCUT2D eigenvalue weighted by Crippen LogP contribution is 2.31. The van der Waals surface area contributed by atoms with E-state index in [1.807, 2.05) is 24.1 Å². The van der Waals surface area contributed by atoms with E-state index in [4.69, 9.17) is 16.9 Å². The average molecular weight is 308 g/mol. The molecule has 104 valence electrons. The number of anilines is 1. The summed E-state index contributed by atoms with van der Waals surface area (Å²) in [5.74, 6) is 0.260. The molecule has 0 radical (unpaired) electrons. The lowest BCUT2D eigenvalue weighted by Crippen LogP contribution is -2.30. The topological polar surface area (TPSA) is 60.1 Å². The summed E-state index contributed by atoms with van der Waals surface area (Å²) in [6.45, 7) is 2.07. The van der Waals surface area contributed by atoms with Gasteiger partial charge >= 0.3 is 0 Å². The van der Waals surface area contributed by atoms with Crippen molar-refractivity contribution in [1.82, 2.24) is 4.37 Å². The molecule has 0 aliphatic rings. The van der Waals surface area contributed by atoms with Crippen LogP contribution in [0.1, 0.15) is 18.1 Å². The molecule has 1 unspecified atom stereocenters. The molecule has 4 nitrogen and oxygen atoms in total. The summed E-state index contributed by atoms with van der Waals surface area (Å²) < 4.78 is 4.02. The van der Waals surface area contributed by atoms with E-state index < -0.39 is 0 Å². The Morgan fingerprint density at radius 1 is 1.45 bits per heavy atom. The standard InChI is InChI=1S/C14H14ClN3OS/c1-9(7-10-3-5-11(19)6-4-10)18(2)14-12(8-16)13(15)17-20-14/h3-6,9,19H,7H2,1-2H3. The lowest BCUT2D eigenvalue weighted by atomic mass is 10.1. The van der Waals surface area contributed by atoms with Crippen LogP contribution in [0.5, 0.6) is 5.75 Å². The Balaban J connectivity index is 2.14. The molecule has 0 bridgehead atoms. The number of halogens is 1. The number of phenols is 1. The number of likely N-dealkylation sites (N-methyl/N-ethyl adjacent to an activating group) is 1. The maximum Gasteiger partial charge on any atom is 0.162 e. The molecule has 2 aromatic rings. The Hall–Kier alpha value is -1.77. The van der Waals surface area contributed by atoms with E-state index in [0.29, 0.717) is 5.56 Å².